The maximum absolute atomic E-state index is 12.2. The molecular weight excluding hydrogens is 273 g/mol. The lowest BCUT2D eigenvalue weighted by atomic mass is 9.98. The van der Waals surface area contributed by atoms with E-state index >= 15 is 0 Å². The van der Waals surface area contributed by atoms with Crippen LogP contribution in [-0.2, 0) is 19.0 Å². The van der Waals surface area contributed by atoms with Crippen molar-refractivity contribution in [1.82, 2.24) is 0 Å². The SMILES string of the molecule is C/C(OS(=O)(=O)C(F)(F)F)=C1/CC[C@@H](C)O[C@H]1C. The fraction of sp³-hybridized carbons (Fsp3) is 0.800. The van der Waals surface area contributed by atoms with Gasteiger partial charge < -0.3 is 8.92 Å². The van der Waals surface area contributed by atoms with Gasteiger partial charge in [-0.05, 0) is 39.2 Å². The minimum absolute atomic E-state index is 0.00391. The maximum atomic E-state index is 12.2. The van der Waals surface area contributed by atoms with Gasteiger partial charge in [-0.1, -0.05) is 0 Å². The van der Waals surface area contributed by atoms with Crippen LogP contribution in [0.4, 0.5) is 13.2 Å². The van der Waals surface area contributed by atoms with Gasteiger partial charge in [-0.25, -0.2) is 0 Å². The smallest absolute Gasteiger partial charge is 0.381 e. The summed E-state index contributed by atoms with van der Waals surface area (Å²) in [5.74, 6) is -0.258. The first-order chi connectivity index (χ1) is 8.04. The molecule has 1 heterocycles. The molecular formula is C10H15F3O4S. The number of ether oxygens (including phenoxy) is 1. The van der Waals surface area contributed by atoms with Gasteiger partial charge >= 0.3 is 15.6 Å². The van der Waals surface area contributed by atoms with Crippen LogP contribution in [0.1, 0.15) is 33.6 Å². The van der Waals surface area contributed by atoms with Crippen LogP contribution in [0.15, 0.2) is 11.3 Å². The molecule has 0 aromatic rings. The Morgan fingerprint density at radius 3 is 2.39 bits per heavy atom. The van der Waals surface area contributed by atoms with Crippen LogP contribution in [0.5, 0.6) is 0 Å². The highest BCUT2D eigenvalue weighted by Gasteiger charge is 2.48. The van der Waals surface area contributed by atoms with Crippen molar-refractivity contribution in [1.29, 1.82) is 0 Å². The second-order valence-electron chi connectivity index (χ2n) is 4.19. The van der Waals surface area contributed by atoms with E-state index in [0.717, 1.165) is 0 Å². The molecule has 0 saturated carbocycles. The summed E-state index contributed by atoms with van der Waals surface area (Å²) < 4.78 is 67.7. The highest BCUT2D eigenvalue weighted by atomic mass is 32.2. The van der Waals surface area contributed by atoms with Gasteiger partial charge in [-0.3, -0.25) is 0 Å². The topological polar surface area (TPSA) is 52.6 Å². The fourth-order valence-corrected chi connectivity index (χ4v) is 2.32. The molecule has 4 nitrogen and oxygen atoms in total. The van der Waals surface area contributed by atoms with Crippen LogP contribution in [0.3, 0.4) is 0 Å². The Labute approximate surface area is 104 Å². The summed E-state index contributed by atoms with van der Waals surface area (Å²) >= 11 is 0. The highest BCUT2D eigenvalue weighted by Crippen LogP contribution is 2.31. The van der Waals surface area contributed by atoms with Crippen molar-refractivity contribution >= 4 is 10.1 Å². The van der Waals surface area contributed by atoms with Crippen molar-refractivity contribution in [3.63, 3.8) is 0 Å². The molecule has 1 aliphatic rings. The van der Waals surface area contributed by atoms with E-state index in [1.165, 1.54) is 6.92 Å². The van der Waals surface area contributed by atoms with Crippen LogP contribution >= 0.6 is 0 Å². The van der Waals surface area contributed by atoms with Crippen molar-refractivity contribution in [3.8, 4) is 0 Å². The van der Waals surface area contributed by atoms with Crippen molar-refractivity contribution in [3.05, 3.63) is 11.3 Å². The average molecular weight is 288 g/mol. The Balaban J connectivity index is 2.91. The predicted molar refractivity (Wildman–Crippen MR) is 58.0 cm³/mol. The number of hydrogen-bond donors (Lipinski definition) is 0. The van der Waals surface area contributed by atoms with Gasteiger partial charge in [0.15, 0.2) is 0 Å². The third-order valence-electron chi connectivity index (χ3n) is 2.72. The Morgan fingerprint density at radius 1 is 1.39 bits per heavy atom. The van der Waals surface area contributed by atoms with Crippen LogP contribution in [-0.4, -0.2) is 26.1 Å². The summed E-state index contributed by atoms with van der Waals surface area (Å²) in [6.07, 6.45) is 0.626. The van der Waals surface area contributed by atoms with Gasteiger partial charge in [-0.2, -0.15) is 21.6 Å². The van der Waals surface area contributed by atoms with Crippen molar-refractivity contribution in [2.24, 2.45) is 0 Å². The van der Waals surface area contributed by atoms with Gasteiger partial charge in [-0.15, -0.1) is 0 Å². The zero-order chi connectivity index (χ0) is 14.1. The molecule has 2 atom stereocenters. The predicted octanol–water partition coefficient (Wildman–Crippen LogP) is 2.71. The summed E-state index contributed by atoms with van der Waals surface area (Å²) in [5, 5.41) is 0. The van der Waals surface area contributed by atoms with Gasteiger partial charge in [0.1, 0.15) is 5.76 Å². The van der Waals surface area contributed by atoms with Crippen molar-refractivity contribution in [2.45, 2.75) is 51.3 Å². The molecule has 0 N–H and O–H groups in total. The molecule has 18 heavy (non-hydrogen) atoms. The monoisotopic (exact) mass is 288 g/mol. The molecule has 0 aromatic heterocycles. The van der Waals surface area contributed by atoms with Crippen molar-refractivity contribution in [2.75, 3.05) is 0 Å². The third kappa shape index (κ3) is 3.38. The standard InChI is InChI=1S/C10H15F3O4S/c1-6-4-5-9(7(2)16-6)8(3)17-18(14,15)10(11,12)13/h6-7H,4-5H2,1-3H3/b9-8+/t6-,7+/m1/s1. The van der Waals surface area contributed by atoms with E-state index in [1.54, 1.807) is 6.92 Å². The molecule has 106 valence electrons. The molecule has 1 fully saturated rings. The molecule has 0 unspecified atom stereocenters. The molecule has 0 spiro atoms. The average Bonchev–Trinajstić information content (AvgIpc) is 2.14. The highest BCUT2D eigenvalue weighted by molar-refractivity contribution is 7.87. The molecule has 0 bridgehead atoms. The first-order valence-electron chi connectivity index (χ1n) is 5.40. The largest absolute Gasteiger partial charge is 0.534 e. The normalized spacial score (nSPS) is 29.0. The molecule has 0 radical (unpaired) electrons. The van der Waals surface area contributed by atoms with E-state index in [0.29, 0.717) is 18.4 Å². The van der Waals surface area contributed by atoms with E-state index in [4.69, 9.17) is 4.74 Å². The maximum Gasteiger partial charge on any atom is 0.534 e. The summed E-state index contributed by atoms with van der Waals surface area (Å²) in [7, 11) is -5.60. The van der Waals surface area contributed by atoms with Crippen LogP contribution < -0.4 is 0 Å². The number of alkyl halides is 3. The van der Waals surface area contributed by atoms with Crippen molar-refractivity contribution < 1.29 is 30.5 Å². The van der Waals surface area contributed by atoms with Gasteiger partial charge in [0.05, 0.1) is 12.2 Å². The van der Waals surface area contributed by atoms with E-state index in [9.17, 15) is 21.6 Å². The Hall–Kier alpha value is -0.760. The van der Waals surface area contributed by atoms with Crippen LogP contribution in [0.25, 0.3) is 0 Å². The molecule has 1 rings (SSSR count). The number of halogens is 3. The second-order valence-corrected chi connectivity index (χ2v) is 5.73. The Bertz CT molecular complexity index is 439. The zero-order valence-electron chi connectivity index (χ0n) is 10.2. The summed E-state index contributed by atoms with van der Waals surface area (Å²) in [6.45, 7) is 4.70. The minimum Gasteiger partial charge on any atom is -0.381 e. The number of allylic oxidation sites excluding steroid dienone is 1. The number of hydrogen-bond acceptors (Lipinski definition) is 4. The van der Waals surface area contributed by atoms with Gasteiger partial charge in [0.25, 0.3) is 0 Å². The van der Waals surface area contributed by atoms with E-state index in [1.807, 2.05) is 6.92 Å². The molecule has 0 amide bonds. The third-order valence-corrected chi connectivity index (χ3v) is 3.75. The van der Waals surface area contributed by atoms with E-state index in [2.05, 4.69) is 4.18 Å². The second kappa shape index (κ2) is 5.08. The van der Waals surface area contributed by atoms with Gasteiger partial charge in [0, 0.05) is 0 Å². The lowest BCUT2D eigenvalue weighted by Gasteiger charge is -2.29. The molecule has 1 saturated heterocycles. The minimum atomic E-state index is -5.60. The zero-order valence-corrected chi connectivity index (χ0v) is 11.1. The Morgan fingerprint density at radius 2 is 1.94 bits per heavy atom. The fourth-order valence-electron chi connectivity index (χ4n) is 1.79. The quantitative estimate of drug-likeness (QED) is 0.445. The first-order valence-corrected chi connectivity index (χ1v) is 6.81. The lowest BCUT2D eigenvalue weighted by Crippen LogP contribution is -2.29. The molecule has 8 heteroatoms. The van der Waals surface area contributed by atoms with Crippen LogP contribution in [0.2, 0.25) is 0 Å². The van der Waals surface area contributed by atoms with E-state index in [-0.39, 0.29) is 11.9 Å². The summed E-state index contributed by atoms with van der Waals surface area (Å²) in [6, 6.07) is 0. The summed E-state index contributed by atoms with van der Waals surface area (Å²) in [5.41, 5.74) is -4.97. The lowest BCUT2D eigenvalue weighted by molar-refractivity contribution is -0.0526. The first kappa shape index (κ1) is 15.3. The Kier molecular flexibility index (Phi) is 4.32. The summed E-state index contributed by atoms with van der Waals surface area (Å²) in [4.78, 5) is 0. The molecule has 1 aliphatic heterocycles. The van der Waals surface area contributed by atoms with E-state index < -0.39 is 21.7 Å². The van der Waals surface area contributed by atoms with Gasteiger partial charge in [0.2, 0.25) is 0 Å². The molecule has 0 aliphatic carbocycles. The van der Waals surface area contributed by atoms with Crippen LogP contribution in [0, 0.1) is 0 Å². The number of rotatable bonds is 2. The molecule has 0 aromatic carbocycles.